The predicted octanol–water partition coefficient (Wildman–Crippen LogP) is 3.95. The molecule has 0 fully saturated rings. The molecule has 0 aliphatic carbocycles. The van der Waals surface area contributed by atoms with E-state index >= 15 is 0 Å². The lowest BCUT2D eigenvalue weighted by Gasteiger charge is -2.11. The Bertz CT molecular complexity index is 953. The first kappa shape index (κ1) is 14.2. The lowest BCUT2D eigenvalue weighted by molar-refractivity contribution is -0.742. The maximum Gasteiger partial charge on any atom is 0.283 e. The van der Waals surface area contributed by atoms with Crippen molar-refractivity contribution in [1.29, 1.82) is 0 Å². The van der Waals surface area contributed by atoms with Crippen molar-refractivity contribution < 1.29 is 17.4 Å². The third-order valence-corrected chi connectivity index (χ3v) is 3.89. The summed E-state index contributed by atoms with van der Waals surface area (Å²) in [5.74, 6) is 0. The zero-order chi connectivity index (χ0) is 19.8. The zero-order valence-corrected chi connectivity index (χ0v) is 13.9. The molecule has 1 aliphatic heterocycles. The highest BCUT2D eigenvalue weighted by Crippen LogP contribution is 2.28. The van der Waals surface area contributed by atoms with Crippen LogP contribution >= 0.6 is 0 Å². The van der Waals surface area contributed by atoms with E-state index in [0.29, 0.717) is 5.56 Å². The second-order valence-electron chi connectivity index (χ2n) is 5.86. The van der Waals surface area contributed by atoms with E-state index in [4.69, 9.17) is 7.58 Å². The zero-order valence-electron chi connectivity index (χ0n) is 15.9. The highest BCUT2D eigenvalue weighted by atomic mass is 16.9. The largest absolute Gasteiger partial charge is 0.394 e. The third kappa shape index (κ3) is 3.68. The summed E-state index contributed by atoms with van der Waals surface area (Å²) in [7, 11) is 0. The number of hydrogen-bond donors (Lipinski definition) is 0. The Hall–Kier alpha value is -3.15. The van der Waals surface area contributed by atoms with E-state index in [1.54, 1.807) is 36.4 Å². The molecule has 6 heteroatoms. The quantitative estimate of drug-likeness (QED) is 0.479. The standard InChI is InChI=1S/C19H18N2O4/c1-13-3-7-15(8-4-13)18(20(22)23)11-17-12-19(25-21(17)24)16-9-5-14(2)6-10-16/h3-11,19H,12H2,1-2H3/b18-11+/i11D,19D. The van der Waals surface area contributed by atoms with Gasteiger partial charge in [-0.1, -0.05) is 47.5 Å². The van der Waals surface area contributed by atoms with Crippen molar-refractivity contribution in [3.63, 3.8) is 0 Å². The van der Waals surface area contributed by atoms with E-state index in [2.05, 4.69) is 0 Å². The average Bonchev–Trinajstić information content (AvgIpc) is 2.93. The summed E-state index contributed by atoms with van der Waals surface area (Å²) in [6.07, 6.45) is -1.99. The van der Waals surface area contributed by atoms with Crippen molar-refractivity contribution in [2.45, 2.75) is 26.3 Å². The average molecular weight is 340 g/mol. The van der Waals surface area contributed by atoms with Gasteiger partial charge in [-0.15, -0.1) is 0 Å². The van der Waals surface area contributed by atoms with Gasteiger partial charge in [0.15, 0.2) is 0 Å². The third-order valence-electron chi connectivity index (χ3n) is 3.89. The molecule has 0 aromatic heterocycles. The molecule has 1 heterocycles. The number of rotatable bonds is 4. The van der Waals surface area contributed by atoms with E-state index in [9.17, 15) is 15.3 Å². The van der Waals surface area contributed by atoms with Gasteiger partial charge in [0.25, 0.3) is 11.4 Å². The van der Waals surface area contributed by atoms with Gasteiger partial charge in [0.05, 0.1) is 25.7 Å². The molecular weight excluding hydrogens is 320 g/mol. The molecule has 2 aromatic carbocycles. The van der Waals surface area contributed by atoms with Crippen molar-refractivity contribution in [2.75, 3.05) is 0 Å². The van der Waals surface area contributed by atoms with Gasteiger partial charge in [0.1, 0.15) is 6.08 Å². The van der Waals surface area contributed by atoms with Crippen LogP contribution in [-0.2, 0) is 4.84 Å². The van der Waals surface area contributed by atoms with Crippen LogP contribution in [0.1, 0.15) is 37.5 Å². The van der Waals surface area contributed by atoms with Crippen LogP contribution in [0.15, 0.2) is 54.6 Å². The predicted molar refractivity (Wildman–Crippen MR) is 94.4 cm³/mol. The minimum absolute atomic E-state index is 0.0485. The molecule has 3 rings (SSSR count). The van der Waals surface area contributed by atoms with Crippen molar-refractivity contribution in [3.05, 3.63) is 92.2 Å². The Balaban J connectivity index is 2.01. The van der Waals surface area contributed by atoms with Crippen LogP contribution in [0.4, 0.5) is 0 Å². The highest BCUT2D eigenvalue weighted by Gasteiger charge is 2.30. The van der Waals surface area contributed by atoms with E-state index in [1.807, 2.05) is 13.8 Å². The van der Waals surface area contributed by atoms with Crippen molar-refractivity contribution in [1.82, 2.24) is 0 Å². The number of benzene rings is 2. The molecule has 1 aliphatic rings. The Kier molecular flexibility index (Phi) is 3.85. The Morgan fingerprint density at radius 1 is 1.24 bits per heavy atom. The Morgan fingerprint density at radius 2 is 1.80 bits per heavy atom. The molecule has 0 spiro atoms. The fourth-order valence-electron chi connectivity index (χ4n) is 2.46. The summed E-state index contributed by atoms with van der Waals surface area (Å²) < 4.78 is 16.7. The molecule has 1 atom stereocenters. The van der Waals surface area contributed by atoms with Crippen LogP contribution in [0.2, 0.25) is 0 Å². The van der Waals surface area contributed by atoms with E-state index in [1.165, 1.54) is 12.1 Å². The number of aryl methyl sites for hydroxylation is 2. The smallest absolute Gasteiger partial charge is 0.283 e. The molecular formula is C19H18N2O4. The van der Waals surface area contributed by atoms with Crippen molar-refractivity contribution in [2.24, 2.45) is 0 Å². The van der Waals surface area contributed by atoms with Gasteiger partial charge in [0, 0.05) is 4.90 Å². The van der Waals surface area contributed by atoms with E-state index in [0.717, 1.165) is 11.1 Å². The molecule has 6 nitrogen and oxygen atoms in total. The SMILES string of the molecule is [2H]/C(C1=[N+]([O-])OC([2H])(c2ccc(C)cc2)C1)=C(/c1ccc(C)cc1)[N+](=O)[O-]. The van der Waals surface area contributed by atoms with Crippen LogP contribution in [0.5, 0.6) is 0 Å². The van der Waals surface area contributed by atoms with Gasteiger partial charge in [0.2, 0.25) is 0 Å². The highest BCUT2D eigenvalue weighted by molar-refractivity contribution is 5.97. The van der Waals surface area contributed by atoms with Crippen LogP contribution in [0.25, 0.3) is 5.70 Å². The first-order valence-corrected chi connectivity index (χ1v) is 7.73. The van der Waals surface area contributed by atoms with Gasteiger partial charge in [-0.2, -0.15) is 0 Å². The molecule has 0 saturated heterocycles. The minimum atomic E-state index is -1.73. The lowest BCUT2D eigenvalue weighted by atomic mass is 10.0. The fourth-order valence-corrected chi connectivity index (χ4v) is 2.46. The number of allylic oxidation sites excluding steroid dienone is 1. The van der Waals surface area contributed by atoms with Crippen LogP contribution in [0, 0.1) is 29.2 Å². The van der Waals surface area contributed by atoms with Gasteiger partial charge < -0.3 is 4.84 Å². The van der Waals surface area contributed by atoms with Gasteiger partial charge >= 0.3 is 0 Å². The molecule has 128 valence electrons. The van der Waals surface area contributed by atoms with Gasteiger partial charge in [-0.3, -0.25) is 15.3 Å². The summed E-state index contributed by atoms with van der Waals surface area (Å²) in [5, 5.41) is 23.8. The first-order valence-electron chi connectivity index (χ1n) is 8.73. The normalized spacial score (nSPS) is 22.0. The molecule has 0 radical (unpaired) electrons. The second-order valence-corrected chi connectivity index (χ2v) is 5.86. The van der Waals surface area contributed by atoms with E-state index < -0.39 is 22.8 Å². The minimum Gasteiger partial charge on any atom is -0.394 e. The molecule has 2 aromatic rings. The molecule has 0 bridgehead atoms. The summed E-state index contributed by atoms with van der Waals surface area (Å²) in [6.45, 7) is 3.73. The number of hydrogen-bond acceptors (Lipinski definition) is 4. The van der Waals surface area contributed by atoms with E-state index in [-0.39, 0.29) is 22.6 Å². The maximum atomic E-state index is 12.2. The molecule has 25 heavy (non-hydrogen) atoms. The molecule has 0 N–H and O–H groups in total. The van der Waals surface area contributed by atoms with Crippen LogP contribution in [-0.4, -0.2) is 15.5 Å². The van der Waals surface area contributed by atoms with Crippen molar-refractivity contribution >= 4 is 11.4 Å². The summed E-state index contributed by atoms with van der Waals surface area (Å²) in [5.41, 5.74) is 1.81. The van der Waals surface area contributed by atoms with Crippen LogP contribution < -0.4 is 0 Å². The number of nitro groups is 1. The topological polar surface area (TPSA) is 78.4 Å². The van der Waals surface area contributed by atoms with Gasteiger partial charge in [-0.05, 0) is 31.5 Å². The van der Waals surface area contributed by atoms with Crippen LogP contribution in [0.3, 0.4) is 0 Å². The van der Waals surface area contributed by atoms with Crippen molar-refractivity contribution in [3.8, 4) is 0 Å². The fraction of sp³-hybridized carbons (Fsp3) is 0.211. The summed E-state index contributed by atoms with van der Waals surface area (Å²) in [4.78, 5) is 16.0. The molecule has 0 amide bonds. The summed E-state index contributed by atoms with van der Waals surface area (Å²) >= 11 is 0. The Morgan fingerprint density at radius 3 is 2.36 bits per heavy atom. The molecule has 1 unspecified atom stereocenters. The summed E-state index contributed by atoms with van der Waals surface area (Å²) in [6, 6.07) is 12.8. The Labute approximate surface area is 148 Å². The monoisotopic (exact) mass is 340 g/mol. The maximum absolute atomic E-state index is 12.2. The molecule has 0 saturated carbocycles. The number of nitrogens with zero attached hydrogens (tertiary/aromatic N) is 2. The second kappa shape index (κ2) is 6.76. The van der Waals surface area contributed by atoms with Gasteiger partial charge in [-0.25, -0.2) is 0 Å². The first-order chi connectivity index (χ1) is 12.7. The lowest BCUT2D eigenvalue weighted by Crippen LogP contribution is -2.07.